The maximum atomic E-state index is 12.9. The maximum Gasteiger partial charge on any atom is 0.256 e. The lowest BCUT2D eigenvalue weighted by molar-refractivity contribution is -0.137. The second-order valence-corrected chi connectivity index (χ2v) is 18.6. The summed E-state index contributed by atoms with van der Waals surface area (Å²) in [5, 5.41) is 8.92. The van der Waals surface area contributed by atoms with Crippen molar-refractivity contribution in [3.63, 3.8) is 0 Å². The number of rotatable bonds is 13. The highest BCUT2D eigenvalue weighted by molar-refractivity contribution is 7.10. The van der Waals surface area contributed by atoms with E-state index in [2.05, 4.69) is 10.6 Å². The normalized spacial score (nSPS) is 18.3. The average Bonchev–Trinajstić information content (AvgIpc) is 3.97. The first-order valence-corrected chi connectivity index (χ1v) is 22.9. The number of carbonyl (C=O) groups excluding carboxylic acids is 9. The van der Waals surface area contributed by atoms with E-state index in [0.717, 1.165) is 43.1 Å². The lowest BCUT2D eigenvalue weighted by atomic mass is 9.99. The van der Waals surface area contributed by atoms with Crippen molar-refractivity contribution in [3.8, 4) is 0 Å². The number of imide groups is 2. The molecule has 14 nitrogen and oxygen atoms in total. The molecule has 2 unspecified atom stereocenters. The number of fused-ring (bicyclic) bond motifs is 2. The molecule has 63 heavy (non-hydrogen) atoms. The number of ketones is 2. The van der Waals surface area contributed by atoms with Gasteiger partial charge >= 0.3 is 0 Å². The Kier molecular flexibility index (Phi) is 13.8. The second kappa shape index (κ2) is 19.3. The molecule has 328 valence electrons. The minimum atomic E-state index is -0.645. The van der Waals surface area contributed by atoms with E-state index >= 15 is 0 Å². The quantitative estimate of drug-likeness (QED) is 0.149. The first-order valence-electron chi connectivity index (χ1n) is 20.7. The summed E-state index contributed by atoms with van der Waals surface area (Å²) < 4.78 is 0. The Hall–Kier alpha value is -5.84. The minimum Gasteiger partial charge on any atom is -0.366 e. The number of piperidine rings is 1. The zero-order valence-electron chi connectivity index (χ0n) is 34.8. The van der Waals surface area contributed by atoms with E-state index in [0.29, 0.717) is 92.6 Å². The molecule has 2 fully saturated rings. The van der Waals surface area contributed by atoms with Gasteiger partial charge in [-0.1, -0.05) is 35.9 Å². The lowest BCUT2D eigenvalue weighted by Gasteiger charge is -2.29. The van der Waals surface area contributed by atoms with E-state index in [1.165, 1.54) is 27.6 Å². The third-order valence-electron chi connectivity index (χ3n) is 11.9. The van der Waals surface area contributed by atoms with Gasteiger partial charge in [-0.3, -0.25) is 53.8 Å². The van der Waals surface area contributed by atoms with Gasteiger partial charge in [0.15, 0.2) is 0 Å². The fourth-order valence-corrected chi connectivity index (χ4v) is 10.6. The molecule has 0 bridgehead atoms. The summed E-state index contributed by atoms with van der Waals surface area (Å²) >= 11 is 9.08. The fraction of sp³-hybridized carbons (Fsp3) is 0.370. The average molecular weight is 912 g/mol. The van der Waals surface area contributed by atoms with Crippen molar-refractivity contribution in [2.75, 3.05) is 0 Å². The topological polar surface area (TPSA) is 210 Å². The molecule has 2 aromatic heterocycles. The van der Waals surface area contributed by atoms with Gasteiger partial charge in [0.1, 0.15) is 23.7 Å². The van der Waals surface area contributed by atoms with E-state index in [9.17, 15) is 43.2 Å². The Labute approximate surface area is 376 Å². The molecule has 17 heteroatoms. The standard InChI is InChI=1S/C23H23ClN2O4S.C23H23N3O5S/c1-13-5-6-14(10-18(13)24)9-15(27)7-8-20-16-11-26(23(30)17(16)12-31-20)19-3-2-4-21(28)25-22(19)29;1-12-2-3-13(9-15(12)21(24)29)8-14(27)4-6-19-16-10-26(23(31)17(16)11-32-19)18-5-7-20(28)25-22(18)30/h5-6,10,12,19H,2-4,7-9,11H2,1H3,(H,25,28,29);2-3,9,11,18H,4-8,10H2,1H3,(H2,24,29)(H,25,28,30). The Bertz CT molecular complexity index is 2580. The molecule has 2 saturated heterocycles. The van der Waals surface area contributed by atoms with Gasteiger partial charge in [0.2, 0.25) is 29.5 Å². The lowest BCUT2D eigenvalue weighted by Crippen LogP contribution is -2.52. The first-order chi connectivity index (χ1) is 30.1. The van der Waals surface area contributed by atoms with E-state index in [-0.39, 0.29) is 48.0 Å². The summed E-state index contributed by atoms with van der Waals surface area (Å²) in [6, 6.07) is 9.65. The number of thiophene rings is 2. The van der Waals surface area contributed by atoms with Crippen LogP contribution >= 0.6 is 34.3 Å². The van der Waals surface area contributed by atoms with Crippen molar-refractivity contribution >= 4 is 87.2 Å². The van der Waals surface area contributed by atoms with E-state index < -0.39 is 29.8 Å². The largest absolute Gasteiger partial charge is 0.366 e. The van der Waals surface area contributed by atoms with Crippen molar-refractivity contribution in [2.45, 2.75) is 110 Å². The molecule has 2 aromatic carbocycles. The highest BCUT2D eigenvalue weighted by atomic mass is 35.5. The van der Waals surface area contributed by atoms with Crippen molar-refractivity contribution in [1.82, 2.24) is 20.4 Å². The zero-order valence-corrected chi connectivity index (χ0v) is 37.2. The first kappa shape index (κ1) is 45.2. The molecule has 7 amide bonds. The second-order valence-electron chi connectivity index (χ2n) is 16.3. The SMILES string of the molecule is Cc1ccc(CC(=O)CCc2scc3c2CN(C2CCC(=O)NC2=O)C3=O)cc1C(N)=O.Cc1ccc(CC(=O)CCc2scc3c2CN(C2CCCC(=O)NC2=O)C3=O)cc1Cl. The van der Waals surface area contributed by atoms with Gasteiger partial charge in [0, 0.05) is 82.7 Å². The summed E-state index contributed by atoms with van der Waals surface area (Å²) in [5.74, 6) is -2.20. The third-order valence-corrected chi connectivity index (χ3v) is 14.5. The Balaban J connectivity index is 0.000000189. The van der Waals surface area contributed by atoms with Crippen molar-refractivity contribution in [2.24, 2.45) is 5.73 Å². The van der Waals surface area contributed by atoms with Crippen LogP contribution in [0.4, 0.5) is 0 Å². The summed E-state index contributed by atoms with van der Waals surface area (Å²) in [7, 11) is 0. The van der Waals surface area contributed by atoms with Gasteiger partial charge in [-0.15, -0.1) is 22.7 Å². The van der Waals surface area contributed by atoms with Crippen LogP contribution in [0, 0.1) is 13.8 Å². The molecule has 0 aliphatic carbocycles. The predicted octanol–water partition coefficient (Wildman–Crippen LogP) is 5.27. The van der Waals surface area contributed by atoms with Crippen molar-refractivity contribution in [3.05, 3.63) is 112 Å². The van der Waals surface area contributed by atoms with Crippen LogP contribution in [0.1, 0.15) is 119 Å². The van der Waals surface area contributed by atoms with Crippen LogP contribution in [0.15, 0.2) is 47.2 Å². The summed E-state index contributed by atoms with van der Waals surface area (Å²) in [6.45, 7) is 4.38. The van der Waals surface area contributed by atoms with Crippen molar-refractivity contribution < 1.29 is 43.2 Å². The number of nitrogens with one attached hydrogen (secondary N) is 2. The number of Topliss-reactive ketones (excluding diaryl/α,β-unsaturated/α-hetero) is 2. The molecule has 4 aliphatic heterocycles. The van der Waals surface area contributed by atoms with Gasteiger partial charge in [-0.2, -0.15) is 0 Å². The van der Waals surface area contributed by atoms with Gasteiger partial charge < -0.3 is 15.5 Å². The smallest absolute Gasteiger partial charge is 0.256 e. The monoisotopic (exact) mass is 911 g/mol. The highest BCUT2D eigenvalue weighted by Gasteiger charge is 2.41. The number of aryl methyl sites for hydroxylation is 4. The summed E-state index contributed by atoms with van der Waals surface area (Å²) in [4.78, 5) is 115. The molecule has 0 radical (unpaired) electrons. The minimum absolute atomic E-state index is 0.0257. The molecule has 8 rings (SSSR count). The number of carbonyl (C=O) groups is 9. The van der Waals surface area contributed by atoms with Crippen LogP contribution in [-0.4, -0.2) is 74.8 Å². The number of amides is 7. The fourth-order valence-electron chi connectivity index (χ4n) is 8.34. The van der Waals surface area contributed by atoms with Gasteiger partial charge in [0.25, 0.3) is 11.8 Å². The number of hydrogen-bond donors (Lipinski definition) is 3. The number of nitrogens with two attached hydrogens (primary N) is 1. The number of hydrogen-bond acceptors (Lipinski definition) is 11. The van der Waals surface area contributed by atoms with Crippen molar-refractivity contribution in [1.29, 1.82) is 0 Å². The van der Waals surface area contributed by atoms with Gasteiger partial charge in [-0.05, 0) is 91.5 Å². The Morgan fingerprint density at radius 3 is 1.70 bits per heavy atom. The Morgan fingerprint density at radius 1 is 0.698 bits per heavy atom. The number of halogens is 1. The maximum absolute atomic E-state index is 12.9. The molecule has 0 saturated carbocycles. The van der Waals surface area contributed by atoms with Gasteiger partial charge in [-0.25, -0.2) is 0 Å². The third kappa shape index (κ3) is 10.2. The van der Waals surface area contributed by atoms with Crippen LogP contribution < -0.4 is 16.4 Å². The zero-order chi connectivity index (χ0) is 45.1. The van der Waals surface area contributed by atoms with Crippen LogP contribution in [0.2, 0.25) is 5.02 Å². The number of primary amides is 1. The number of benzene rings is 2. The molecular weight excluding hydrogens is 866 g/mol. The molecule has 2 atom stereocenters. The summed E-state index contributed by atoms with van der Waals surface area (Å²) in [6.07, 6.45) is 4.17. The van der Waals surface area contributed by atoms with Crippen LogP contribution in [-0.2, 0) is 67.5 Å². The van der Waals surface area contributed by atoms with E-state index in [1.54, 1.807) is 29.3 Å². The highest BCUT2D eigenvalue weighted by Crippen LogP contribution is 2.36. The van der Waals surface area contributed by atoms with Crippen LogP contribution in [0.3, 0.4) is 0 Å². The van der Waals surface area contributed by atoms with Crippen LogP contribution in [0.5, 0.6) is 0 Å². The Morgan fingerprint density at radius 2 is 1.19 bits per heavy atom. The molecule has 0 spiro atoms. The van der Waals surface area contributed by atoms with Gasteiger partial charge in [0.05, 0.1) is 11.1 Å². The van der Waals surface area contributed by atoms with E-state index in [1.807, 2.05) is 36.6 Å². The molecule has 4 N–H and O–H groups in total. The van der Waals surface area contributed by atoms with Crippen LogP contribution in [0.25, 0.3) is 0 Å². The number of nitrogens with zero attached hydrogens (tertiary/aromatic N) is 2. The van der Waals surface area contributed by atoms with E-state index in [4.69, 9.17) is 17.3 Å². The molecule has 6 heterocycles. The molecule has 4 aliphatic rings. The molecular formula is C46H46ClN5O9S2. The molecule has 4 aromatic rings. The summed E-state index contributed by atoms with van der Waals surface area (Å²) in [5.41, 5.74) is 12.1. The predicted molar refractivity (Wildman–Crippen MR) is 235 cm³/mol.